The van der Waals surface area contributed by atoms with Crippen LogP contribution in [0.15, 0.2) is 36.7 Å². The van der Waals surface area contributed by atoms with E-state index in [2.05, 4.69) is 16.4 Å². The molecule has 1 fully saturated rings. The maximum absolute atomic E-state index is 11.1. The Morgan fingerprint density at radius 3 is 2.82 bits per heavy atom. The number of carbonyl (C=O) groups is 1. The van der Waals surface area contributed by atoms with Crippen molar-refractivity contribution in [2.75, 3.05) is 17.2 Å². The summed E-state index contributed by atoms with van der Waals surface area (Å²) in [7, 11) is 0. The van der Waals surface area contributed by atoms with Crippen molar-refractivity contribution in [3.05, 3.63) is 42.2 Å². The number of pyridine rings is 1. The van der Waals surface area contributed by atoms with Gasteiger partial charge >= 0.3 is 6.09 Å². The lowest BCUT2D eigenvalue weighted by molar-refractivity contribution is 0.0525. The molecular formula is C20H23N5O3. The van der Waals surface area contributed by atoms with Crippen LogP contribution in [-0.4, -0.2) is 45.5 Å². The Hall–Kier alpha value is -3.31. The van der Waals surface area contributed by atoms with E-state index in [0.29, 0.717) is 35.5 Å². The number of nitrogens with two attached hydrogens (primary N) is 1. The zero-order valence-electron chi connectivity index (χ0n) is 15.8. The van der Waals surface area contributed by atoms with Gasteiger partial charge in [-0.1, -0.05) is 6.07 Å². The van der Waals surface area contributed by atoms with E-state index >= 15 is 0 Å². The van der Waals surface area contributed by atoms with Crippen LogP contribution in [0.25, 0.3) is 11.1 Å². The molecule has 8 heteroatoms. The Balaban J connectivity index is 2.04. The molecular weight excluding hydrogens is 358 g/mol. The Kier molecular flexibility index (Phi) is 5.12. The van der Waals surface area contributed by atoms with E-state index in [1.807, 2.05) is 17.0 Å². The molecule has 2 aromatic rings. The number of aromatic nitrogens is 1. The van der Waals surface area contributed by atoms with Crippen molar-refractivity contribution in [3.63, 3.8) is 0 Å². The number of anilines is 2. The van der Waals surface area contributed by atoms with Crippen molar-refractivity contribution in [3.8, 4) is 17.2 Å². The number of nitrogens with one attached hydrogen (secondary N) is 1. The van der Waals surface area contributed by atoms with Crippen molar-refractivity contribution < 1.29 is 15.0 Å². The van der Waals surface area contributed by atoms with Crippen LogP contribution in [0.5, 0.6) is 0 Å². The summed E-state index contributed by atoms with van der Waals surface area (Å²) in [5, 5.41) is 31.6. The second-order valence-corrected chi connectivity index (χ2v) is 7.51. The standard InChI is InChI=1S/C20H23N5O3/c1-20(2,28)18-8-14(24-19(26)27)11-25(18)17-7-12(3-4-16(17)22)15-10-23-6-5-13(15)9-21/h3-7,10,14,18,24,28H,8,11,22H2,1-2H3,(H,26,27)/t14-,18-/m0/s1. The fourth-order valence-electron chi connectivity index (χ4n) is 3.73. The summed E-state index contributed by atoms with van der Waals surface area (Å²) in [6, 6.07) is 8.57. The first kappa shape index (κ1) is 19.5. The molecule has 1 aliphatic rings. The van der Waals surface area contributed by atoms with Crippen LogP contribution in [0, 0.1) is 11.3 Å². The summed E-state index contributed by atoms with van der Waals surface area (Å²) in [5.41, 5.74) is 8.32. The first-order valence-electron chi connectivity index (χ1n) is 8.93. The molecule has 1 aromatic heterocycles. The third kappa shape index (κ3) is 3.85. The number of benzene rings is 1. The Morgan fingerprint density at radius 2 is 2.18 bits per heavy atom. The summed E-state index contributed by atoms with van der Waals surface area (Å²) < 4.78 is 0. The van der Waals surface area contributed by atoms with Crippen LogP contribution in [0.4, 0.5) is 16.2 Å². The Morgan fingerprint density at radius 1 is 1.43 bits per heavy atom. The third-order valence-corrected chi connectivity index (χ3v) is 5.04. The number of rotatable bonds is 4. The van der Waals surface area contributed by atoms with Gasteiger partial charge in [0, 0.05) is 24.5 Å². The van der Waals surface area contributed by atoms with E-state index in [9.17, 15) is 15.2 Å². The smallest absolute Gasteiger partial charge is 0.404 e. The van der Waals surface area contributed by atoms with Gasteiger partial charge in [-0.05, 0) is 44.0 Å². The van der Waals surface area contributed by atoms with Gasteiger partial charge in [-0.25, -0.2) is 4.79 Å². The third-order valence-electron chi connectivity index (χ3n) is 5.04. The monoisotopic (exact) mass is 381 g/mol. The zero-order valence-corrected chi connectivity index (χ0v) is 15.8. The Bertz CT molecular complexity index is 932. The van der Waals surface area contributed by atoms with Gasteiger partial charge in [-0.3, -0.25) is 4.98 Å². The van der Waals surface area contributed by atoms with E-state index in [0.717, 1.165) is 5.56 Å². The number of hydrogen-bond acceptors (Lipinski definition) is 6. The lowest BCUT2D eigenvalue weighted by atomic mass is 9.94. The number of amides is 1. The normalized spacial score (nSPS) is 19.3. The number of nitrogens with zero attached hydrogens (tertiary/aromatic N) is 3. The fourth-order valence-corrected chi connectivity index (χ4v) is 3.73. The van der Waals surface area contributed by atoms with Crippen LogP contribution in [-0.2, 0) is 0 Å². The highest BCUT2D eigenvalue weighted by atomic mass is 16.4. The van der Waals surface area contributed by atoms with Crippen LogP contribution in [0.3, 0.4) is 0 Å². The van der Waals surface area contributed by atoms with Crippen LogP contribution >= 0.6 is 0 Å². The van der Waals surface area contributed by atoms with E-state index in [1.165, 1.54) is 0 Å². The van der Waals surface area contributed by atoms with Crippen molar-refractivity contribution in [2.45, 2.75) is 38.0 Å². The zero-order chi connectivity index (χ0) is 20.5. The van der Waals surface area contributed by atoms with Gasteiger partial charge in [0.25, 0.3) is 0 Å². The second-order valence-electron chi connectivity index (χ2n) is 7.51. The number of hydrogen-bond donors (Lipinski definition) is 4. The Labute approximate surface area is 163 Å². The van der Waals surface area contributed by atoms with E-state index in [-0.39, 0.29) is 12.1 Å². The average molecular weight is 381 g/mol. The molecule has 8 nitrogen and oxygen atoms in total. The molecule has 0 radical (unpaired) electrons. The van der Waals surface area contributed by atoms with Gasteiger partial charge < -0.3 is 26.2 Å². The summed E-state index contributed by atoms with van der Waals surface area (Å²) >= 11 is 0. The molecule has 1 saturated heterocycles. The highest BCUT2D eigenvalue weighted by molar-refractivity contribution is 5.79. The lowest BCUT2D eigenvalue weighted by Crippen LogP contribution is -2.46. The maximum Gasteiger partial charge on any atom is 0.404 e. The van der Waals surface area contributed by atoms with Gasteiger partial charge in [0.15, 0.2) is 0 Å². The molecule has 0 aliphatic carbocycles. The van der Waals surface area contributed by atoms with E-state index in [4.69, 9.17) is 10.8 Å². The fraction of sp³-hybridized carbons (Fsp3) is 0.350. The number of carboxylic acid groups (broad SMARTS) is 1. The van der Waals surface area contributed by atoms with Crippen molar-refractivity contribution in [1.82, 2.24) is 10.3 Å². The topological polar surface area (TPSA) is 136 Å². The molecule has 5 N–H and O–H groups in total. The SMILES string of the molecule is CC(C)(O)[C@@H]1C[C@H](NC(=O)O)CN1c1cc(-c2cnccc2C#N)ccc1N. The lowest BCUT2D eigenvalue weighted by Gasteiger charge is -2.35. The van der Waals surface area contributed by atoms with Crippen molar-refractivity contribution in [2.24, 2.45) is 0 Å². The molecule has 0 unspecified atom stereocenters. The molecule has 0 bridgehead atoms. The molecule has 1 aliphatic heterocycles. The van der Waals surface area contributed by atoms with Crippen LogP contribution < -0.4 is 16.0 Å². The van der Waals surface area contributed by atoms with E-state index in [1.54, 1.807) is 38.4 Å². The van der Waals surface area contributed by atoms with Gasteiger partial charge in [-0.15, -0.1) is 0 Å². The van der Waals surface area contributed by atoms with E-state index < -0.39 is 11.7 Å². The number of aliphatic hydroxyl groups is 1. The molecule has 2 heterocycles. The number of nitriles is 1. The van der Waals surface area contributed by atoms with Gasteiger partial charge in [0.1, 0.15) is 0 Å². The van der Waals surface area contributed by atoms with Gasteiger partial charge in [0.2, 0.25) is 0 Å². The highest BCUT2D eigenvalue weighted by Gasteiger charge is 2.42. The molecule has 2 atom stereocenters. The van der Waals surface area contributed by atoms with Crippen LogP contribution in [0.2, 0.25) is 0 Å². The second kappa shape index (κ2) is 7.37. The maximum atomic E-state index is 11.1. The van der Waals surface area contributed by atoms with Gasteiger partial charge in [-0.2, -0.15) is 5.26 Å². The average Bonchev–Trinajstić information content (AvgIpc) is 3.05. The summed E-state index contributed by atoms with van der Waals surface area (Å²) in [4.78, 5) is 17.1. The summed E-state index contributed by atoms with van der Waals surface area (Å²) in [6.07, 6.45) is 2.54. The summed E-state index contributed by atoms with van der Waals surface area (Å²) in [5.74, 6) is 0. The van der Waals surface area contributed by atoms with Gasteiger partial charge in [0.05, 0.1) is 40.7 Å². The quantitative estimate of drug-likeness (QED) is 0.596. The minimum Gasteiger partial charge on any atom is -0.465 e. The highest BCUT2D eigenvalue weighted by Crippen LogP contribution is 2.38. The molecule has 0 spiro atoms. The minimum absolute atomic E-state index is 0.328. The molecule has 1 aromatic carbocycles. The molecule has 28 heavy (non-hydrogen) atoms. The van der Waals surface area contributed by atoms with Crippen molar-refractivity contribution >= 4 is 17.5 Å². The molecule has 3 rings (SSSR count). The molecule has 146 valence electrons. The predicted molar refractivity (Wildman–Crippen MR) is 106 cm³/mol. The summed E-state index contributed by atoms with van der Waals surface area (Å²) in [6.45, 7) is 3.78. The molecule has 0 saturated carbocycles. The van der Waals surface area contributed by atoms with Crippen molar-refractivity contribution in [1.29, 1.82) is 5.26 Å². The predicted octanol–water partition coefficient (Wildman–Crippen LogP) is 2.19. The minimum atomic E-state index is -1.10. The first-order chi connectivity index (χ1) is 13.2. The number of nitrogen functional groups attached to an aromatic ring is 1. The first-order valence-corrected chi connectivity index (χ1v) is 8.93. The largest absolute Gasteiger partial charge is 0.465 e. The molecule has 1 amide bonds. The van der Waals surface area contributed by atoms with Crippen LogP contribution in [0.1, 0.15) is 25.8 Å².